The van der Waals surface area contributed by atoms with Crippen molar-refractivity contribution >= 4 is 111 Å². The second kappa shape index (κ2) is 26.5. The van der Waals surface area contributed by atoms with Crippen LogP contribution < -0.4 is 16.9 Å². The third-order valence-corrected chi connectivity index (χ3v) is 10.7. The molecule has 4 aromatic rings. The van der Waals surface area contributed by atoms with Crippen LogP contribution in [0.5, 0.6) is 11.8 Å². The zero-order valence-electron chi connectivity index (χ0n) is 29.4. The largest absolute Gasteiger partial charge is 0.493 e. The van der Waals surface area contributed by atoms with Gasteiger partial charge in [-0.15, -0.1) is 0 Å². The highest BCUT2D eigenvalue weighted by Crippen LogP contribution is 2.31. The van der Waals surface area contributed by atoms with Crippen LogP contribution in [-0.2, 0) is 0 Å². The number of aromatic hydroxyl groups is 2. The van der Waals surface area contributed by atoms with Crippen molar-refractivity contribution in [2.24, 2.45) is 0 Å². The van der Waals surface area contributed by atoms with Crippen LogP contribution in [0.3, 0.4) is 0 Å². The molecule has 55 heavy (non-hydrogen) atoms. The molecular formula is C28H35Cl4N11O8S4. The van der Waals surface area contributed by atoms with Crippen molar-refractivity contribution in [1.29, 1.82) is 0 Å². The Labute approximate surface area is 350 Å². The third kappa shape index (κ3) is 18.5. The minimum atomic E-state index is -0.963. The van der Waals surface area contributed by atoms with E-state index in [0.717, 1.165) is 49.0 Å². The lowest BCUT2D eigenvalue weighted by Gasteiger charge is -2.02. The zero-order valence-corrected chi connectivity index (χ0v) is 35.7. The first-order valence-electron chi connectivity index (χ1n) is 15.6. The highest BCUT2D eigenvalue weighted by molar-refractivity contribution is 7.99. The number of anilines is 1. The van der Waals surface area contributed by atoms with Crippen molar-refractivity contribution in [3.05, 3.63) is 67.6 Å². The number of nitrogens with two attached hydrogens (primary N) is 1. The van der Waals surface area contributed by atoms with E-state index in [-0.39, 0.29) is 42.9 Å². The molecule has 6 N–H and O–H groups in total. The molecule has 4 aromatic heterocycles. The van der Waals surface area contributed by atoms with Gasteiger partial charge in [-0.05, 0) is 25.7 Å². The lowest BCUT2D eigenvalue weighted by Crippen LogP contribution is -2.13. The van der Waals surface area contributed by atoms with Crippen LogP contribution >= 0.6 is 93.5 Å². The molecule has 0 saturated heterocycles. The molecule has 0 fully saturated rings. The molecule has 4 rings (SSSR count). The number of nitrogens with one attached hydrogen (secondary N) is 2. The fourth-order valence-electron chi connectivity index (χ4n) is 3.01. The zero-order chi connectivity index (χ0) is 41.7. The number of thioether (sulfide) groups is 4. The summed E-state index contributed by atoms with van der Waals surface area (Å²) in [6.45, 7) is 8.05. The van der Waals surface area contributed by atoms with Crippen molar-refractivity contribution in [3.63, 3.8) is 0 Å². The molecule has 0 saturated carbocycles. The molecule has 0 aliphatic heterocycles. The maximum atomic E-state index is 11.2. The summed E-state index contributed by atoms with van der Waals surface area (Å²) in [6, 6.07) is 1.05. The number of nitrogen functional groups attached to an aromatic ring is 1. The van der Waals surface area contributed by atoms with E-state index in [9.17, 15) is 29.8 Å². The smallest absolute Gasteiger partial charge is 0.395 e. The normalized spacial score (nSPS) is 10.3. The molecule has 19 nitrogen and oxygen atoms in total. The van der Waals surface area contributed by atoms with Crippen molar-refractivity contribution in [1.82, 2.24) is 39.9 Å². The Hall–Kier alpha value is -3.32. The second-order valence-corrected chi connectivity index (χ2v) is 15.5. The number of nitro groups is 2. The van der Waals surface area contributed by atoms with Gasteiger partial charge in [-0.25, -0.2) is 19.9 Å². The average molecular weight is 924 g/mol. The van der Waals surface area contributed by atoms with E-state index >= 15 is 0 Å². The minimum Gasteiger partial charge on any atom is -0.493 e. The topological polar surface area (TPSA) is 296 Å². The van der Waals surface area contributed by atoms with Crippen LogP contribution in [0.25, 0.3) is 0 Å². The van der Waals surface area contributed by atoms with Gasteiger partial charge in [0.15, 0.2) is 30.9 Å². The van der Waals surface area contributed by atoms with Gasteiger partial charge < -0.3 is 20.9 Å². The quantitative estimate of drug-likeness (QED) is 0.0264. The van der Waals surface area contributed by atoms with E-state index < -0.39 is 32.7 Å². The molecule has 0 unspecified atom stereocenters. The summed E-state index contributed by atoms with van der Waals surface area (Å²) in [5.41, 5.74) is 3.10. The molecule has 0 spiro atoms. The summed E-state index contributed by atoms with van der Waals surface area (Å²) in [5.74, 6) is 2.27. The van der Waals surface area contributed by atoms with Crippen LogP contribution in [0, 0.1) is 20.2 Å². The van der Waals surface area contributed by atoms with E-state index in [2.05, 4.69) is 46.8 Å². The first-order valence-corrected chi connectivity index (χ1v) is 21.1. The van der Waals surface area contributed by atoms with Crippen LogP contribution in [0.15, 0.2) is 36.3 Å². The Morgan fingerprint density at radius 1 is 0.655 bits per heavy atom. The number of aromatic amines is 2. The molecule has 4 heterocycles. The number of aromatic nitrogens is 8. The van der Waals surface area contributed by atoms with Gasteiger partial charge in [-0.3, -0.25) is 34.8 Å². The highest BCUT2D eigenvalue weighted by Gasteiger charge is 2.23. The van der Waals surface area contributed by atoms with Gasteiger partial charge in [0.25, 0.3) is 11.4 Å². The molecule has 0 aliphatic carbocycles. The Balaban J connectivity index is 0.000000368. The molecule has 0 atom stereocenters. The maximum Gasteiger partial charge on any atom is 0.395 e. The SMILES string of the molecule is CCCSc1nc(Cl)c(N)c(Cl)n1.CCCSc1nc(Cl)c([N+](=O)[O-])c(Cl)n1.CCCSc1nc(O)c([N+](=O)[O-])c(=O)[nH]1.CCCSc1nc(O)cc(=O)[nH]1. The van der Waals surface area contributed by atoms with Crippen molar-refractivity contribution in [3.8, 4) is 11.8 Å². The standard InChI is InChI=1S/C7H7Cl2N3O2S.C7H9Cl2N3S.C7H9N3O4S.C7H10N2O2S/c1-2-3-15-7-10-5(8)4(12(13)14)6(9)11-7;1-2-3-13-7-11-5(8)4(10)6(9)12-7;1-2-3-15-7-8-5(11)4(10(13)14)6(12)9-7;1-2-3-12-7-8-5(10)4-6(11)9-7/h2-3H2,1H3;2-3,10H2,1H3;2-3H2,1H3,(H2,8,9,11,12);4H,2-3H2,1H3,(H2,8,9,10,11). The number of nitrogens with zero attached hydrogens (tertiary/aromatic N) is 8. The lowest BCUT2D eigenvalue weighted by atomic mass is 10.5. The molecule has 0 bridgehead atoms. The van der Waals surface area contributed by atoms with Crippen LogP contribution in [-0.4, -0.2) is 82.9 Å². The van der Waals surface area contributed by atoms with E-state index in [0.29, 0.717) is 21.2 Å². The Bertz CT molecular complexity index is 1950. The summed E-state index contributed by atoms with van der Waals surface area (Å²) in [4.78, 5) is 68.7. The molecule has 302 valence electrons. The van der Waals surface area contributed by atoms with Gasteiger partial charge in [0.1, 0.15) is 5.69 Å². The number of rotatable bonds is 14. The van der Waals surface area contributed by atoms with Gasteiger partial charge >= 0.3 is 16.9 Å². The average Bonchev–Trinajstić information content (AvgIpc) is 3.10. The van der Waals surface area contributed by atoms with Gasteiger partial charge in [0.05, 0.1) is 15.9 Å². The number of H-pyrrole nitrogens is 2. The van der Waals surface area contributed by atoms with Gasteiger partial charge in [0.2, 0.25) is 16.2 Å². The van der Waals surface area contributed by atoms with Gasteiger partial charge in [-0.2, -0.15) is 9.97 Å². The summed E-state index contributed by atoms with van der Waals surface area (Å²) >= 11 is 28.2. The van der Waals surface area contributed by atoms with Crippen molar-refractivity contribution < 1.29 is 20.1 Å². The van der Waals surface area contributed by atoms with E-state index in [1.54, 1.807) is 0 Å². The van der Waals surface area contributed by atoms with Crippen molar-refractivity contribution in [2.45, 2.75) is 74.0 Å². The molecule has 0 amide bonds. The fraction of sp³-hybridized carbons (Fsp3) is 0.429. The Morgan fingerprint density at radius 3 is 1.44 bits per heavy atom. The summed E-state index contributed by atoms with van der Waals surface area (Å²) < 4.78 is 0. The molecule has 0 aliphatic rings. The molecule has 0 aromatic carbocycles. The third-order valence-electron chi connectivity index (χ3n) is 5.29. The van der Waals surface area contributed by atoms with Crippen LogP contribution in [0.4, 0.5) is 17.1 Å². The van der Waals surface area contributed by atoms with E-state index in [4.69, 9.17) is 62.4 Å². The first-order chi connectivity index (χ1) is 26.0. The second-order valence-electron chi connectivity index (χ2n) is 9.80. The number of hydrogen-bond acceptors (Lipinski definition) is 19. The predicted octanol–water partition coefficient (Wildman–Crippen LogP) is 7.92. The van der Waals surface area contributed by atoms with Crippen LogP contribution in [0.2, 0.25) is 20.6 Å². The monoisotopic (exact) mass is 921 g/mol. The predicted molar refractivity (Wildman–Crippen MR) is 219 cm³/mol. The number of hydrogen-bond donors (Lipinski definition) is 5. The minimum absolute atomic E-state index is 0.185. The van der Waals surface area contributed by atoms with Gasteiger partial charge in [0, 0.05) is 23.0 Å². The maximum absolute atomic E-state index is 11.2. The van der Waals surface area contributed by atoms with E-state index in [1.807, 2.05) is 20.8 Å². The molecular weight excluding hydrogens is 888 g/mol. The number of halogens is 4. The Morgan fingerprint density at radius 2 is 1.05 bits per heavy atom. The summed E-state index contributed by atoms with van der Waals surface area (Å²) in [7, 11) is 0. The van der Waals surface area contributed by atoms with Crippen LogP contribution in [0.1, 0.15) is 53.4 Å². The summed E-state index contributed by atoms with van der Waals surface area (Å²) in [6.07, 6.45) is 3.87. The lowest BCUT2D eigenvalue weighted by molar-refractivity contribution is -0.387. The van der Waals surface area contributed by atoms with Crippen molar-refractivity contribution in [2.75, 3.05) is 28.7 Å². The fourth-order valence-corrected chi connectivity index (χ4v) is 6.96. The summed E-state index contributed by atoms with van der Waals surface area (Å²) in [5, 5.41) is 40.6. The van der Waals surface area contributed by atoms with E-state index in [1.165, 1.54) is 47.0 Å². The molecule has 27 heteroatoms. The Kier molecular flexibility index (Phi) is 24.0. The molecule has 0 radical (unpaired) electrons. The highest BCUT2D eigenvalue weighted by atomic mass is 35.5. The van der Waals surface area contributed by atoms with Gasteiger partial charge in [-0.1, -0.05) is 121 Å². The first kappa shape index (κ1) is 49.7.